The van der Waals surface area contributed by atoms with Gasteiger partial charge in [0.15, 0.2) is 0 Å². The first kappa shape index (κ1) is 12.6. The van der Waals surface area contributed by atoms with Crippen LogP contribution in [0, 0.1) is 11.8 Å². The number of halogens is 1. The summed E-state index contributed by atoms with van der Waals surface area (Å²) in [6.45, 7) is 0.908. The number of fused-ring (bicyclic) bond motifs is 1. The SMILES string of the molecule is O=C(ON1C[C@@H]2C[C@H](F)[C@H](O)[C@@H]2C1)c1ccccc1. The molecule has 1 saturated carbocycles. The minimum Gasteiger partial charge on any atom is -0.390 e. The van der Waals surface area contributed by atoms with Gasteiger partial charge in [-0.25, -0.2) is 9.18 Å². The van der Waals surface area contributed by atoms with Crippen molar-refractivity contribution in [2.75, 3.05) is 13.1 Å². The summed E-state index contributed by atoms with van der Waals surface area (Å²) in [5.74, 6) is -0.459. The number of rotatable bonds is 2. The number of alkyl halides is 1. The highest BCUT2D eigenvalue weighted by atomic mass is 19.1. The van der Waals surface area contributed by atoms with Crippen LogP contribution in [0.1, 0.15) is 16.8 Å². The lowest BCUT2D eigenvalue weighted by molar-refractivity contribution is -0.103. The van der Waals surface area contributed by atoms with Gasteiger partial charge >= 0.3 is 5.97 Å². The third kappa shape index (κ3) is 2.35. The predicted molar refractivity (Wildman–Crippen MR) is 65.9 cm³/mol. The van der Waals surface area contributed by atoms with Crippen LogP contribution in [0.4, 0.5) is 4.39 Å². The van der Waals surface area contributed by atoms with Gasteiger partial charge in [-0.1, -0.05) is 18.2 Å². The zero-order valence-corrected chi connectivity index (χ0v) is 10.4. The van der Waals surface area contributed by atoms with E-state index in [-0.39, 0.29) is 11.8 Å². The average molecular weight is 265 g/mol. The molecule has 0 bridgehead atoms. The summed E-state index contributed by atoms with van der Waals surface area (Å²) in [7, 11) is 0. The highest BCUT2D eigenvalue weighted by Crippen LogP contribution is 2.39. The molecule has 1 aromatic rings. The van der Waals surface area contributed by atoms with Crippen molar-refractivity contribution in [2.45, 2.75) is 18.7 Å². The molecule has 0 radical (unpaired) electrons. The molecule has 1 heterocycles. The van der Waals surface area contributed by atoms with Crippen LogP contribution >= 0.6 is 0 Å². The van der Waals surface area contributed by atoms with E-state index in [0.29, 0.717) is 25.1 Å². The van der Waals surface area contributed by atoms with Crippen molar-refractivity contribution >= 4 is 5.97 Å². The Morgan fingerprint density at radius 1 is 1.32 bits per heavy atom. The Hall–Kier alpha value is -1.46. The van der Waals surface area contributed by atoms with Gasteiger partial charge in [-0.15, -0.1) is 5.06 Å². The lowest BCUT2D eigenvalue weighted by Gasteiger charge is -2.18. The summed E-state index contributed by atoms with van der Waals surface area (Å²) >= 11 is 0. The van der Waals surface area contributed by atoms with E-state index in [1.807, 2.05) is 6.07 Å². The number of aliphatic hydroxyl groups excluding tert-OH is 1. The Kier molecular flexibility index (Phi) is 3.24. The third-order valence-electron chi connectivity index (χ3n) is 4.02. The molecule has 1 aromatic carbocycles. The molecule has 0 amide bonds. The molecule has 1 aliphatic heterocycles. The van der Waals surface area contributed by atoms with E-state index in [0.717, 1.165) is 0 Å². The van der Waals surface area contributed by atoms with Gasteiger partial charge in [-0.05, 0) is 24.5 Å². The molecule has 102 valence electrons. The average Bonchev–Trinajstić information content (AvgIpc) is 2.91. The molecule has 5 heteroatoms. The maximum atomic E-state index is 13.3. The van der Waals surface area contributed by atoms with Gasteiger partial charge in [0.05, 0.1) is 11.7 Å². The summed E-state index contributed by atoms with van der Waals surface area (Å²) in [6.07, 6.45) is -1.71. The number of hydrogen-bond acceptors (Lipinski definition) is 4. The van der Waals surface area contributed by atoms with Gasteiger partial charge < -0.3 is 9.94 Å². The fourth-order valence-electron chi connectivity index (χ4n) is 3.01. The molecule has 2 aliphatic rings. The van der Waals surface area contributed by atoms with Gasteiger partial charge in [0.25, 0.3) is 0 Å². The minimum absolute atomic E-state index is 0.0774. The first-order valence-corrected chi connectivity index (χ1v) is 6.49. The fourth-order valence-corrected chi connectivity index (χ4v) is 3.01. The number of carbonyl (C=O) groups excluding carboxylic acids is 1. The van der Waals surface area contributed by atoms with Gasteiger partial charge in [0, 0.05) is 19.0 Å². The Balaban J connectivity index is 1.60. The maximum Gasteiger partial charge on any atom is 0.357 e. The molecule has 1 saturated heterocycles. The normalized spacial score (nSPS) is 34.2. The quantitative estimate of drug-likeness (QED) is 0.878. The van der Waals surface area contributed by atoms with Crippen LogP contribution in [0.2, 0.25) is 0 Å². The van der Waals surface area contributed by atoms with Crippen LogP contribution < -0.4 is 0 Å². The molecule has 0 aromatic heterocycles. The van der Waals surface area contributed by atoms with Crippen molar-refractivity contribution in [1.82, 2.24) is 5.06 Å². The molecule has 1 N–H and O–H groups in total. The zero-order chi connectivity index (χ0) is 13.4. The predicted octanol–water partition coefficient (Wildman–Crippen LogP) is 1.41. The molecule has 0 unspecified atom stereocenters. The topological polar surface area (TPSA) is 49.8 Å². The number of nitrogens with zero attached hydrogens (tertiary/aromatic N) is 1. The zero-order valence-electron chi connectivity index (χ0n) is 10.4. The molecule has 3 rings (SSSR count). The fraction of sp³-hybridized carbons (Fsp3) is 0.500. The molecule has 19 heavy (non-hydrogen) atoms. The van der Waals surface area contributed by atoms with Gasteiger partial charge in [0.2, 0.25) is 0 Å². The van der Waals surface area contributed by atoms with E-state index in [1.165, 1.54) is 0 Å². The summed E-state index contributed by atoms with van der Waals surface area (Å²) in [6, 6.07) is 8.74. The standard InChI is InChI=1S/C14H16FNO3/c15-12-6-10-7-16(8-11(10)13(12)17)19-14(18)9-4-2-1-3-5-9/h1-5,10-13,17H,6-8H2/t10-,11+,12-,13+/m0/s1. The second kappa shape index (κ2) is 4.90. The summed E-state index contributed by atoms with van der Waals surface area (Å²) in [4.78, 5) is 17.1. The van der Waals surface area contributed by atoms with E-state index in [2.05, 4.69) is 0 Å². The van der Waals surface area contributed by atoms with Crippen molar-refractivity contribution in [1.29, 1.82) is 0 Å². The Morgan fingerprint density at radius 3 is 2.74 bits per heavy atom. The summed E-state index contributed by atoms with van der Waals surface area (Å²) < 4.78 is 13.3. The molecule has 4 nitrogen and oxygen atoms in total. The summed E-state index contributed by atoms with van der Waals surface area (Å²) in [5.41, 5.74) is 0.489. The lowest BCUT2D eigenvalue weighted by Crippen LogP contribution is -2.30. The van der Waals surface area contributed by atoms with Crippen LogP contribution in [0.25, 0.3) is 0 Å². The monoisotopic (exact) mass is 265 g/mol. The highest BCUT2D eigenvalue weighted by Gasteiger charge is 2.48. The molecule has 2 fully saturated rings. The number of benzene rings is 1. The van der Waals surface area contributed by atoms with Crippen molar-refractivity contribution in [3.05, 3.63) is 35.9 Å². The third-order valence-corrected chi connectivity index (χ3v) is 4.02. The number of carbonyl (C=O) groups is 1. The van der Waals surface area contributed by atoms with E-state index in [9.17, 15) is 14.3 Å². The second-order valence-electron chi connectivity index (χ2n) is 5.26. The molecule has 0 spiro atoms. The van der Waals surface area contributed by atoms with Crippen LogP contribution in [0.3, 0.4) is 0 Å². The molecule has 4 atom stereocenters. The van der Waals surface area contributed by atoms with Gasteiger partial charge in [-0.3, -0.25) is 0 Å². The van der Waals surface area contributed by atoms with Crippen LogP contribution in [0.5, 0.6) is 0 Å². The smallest absolute Gasteiger partial charge is 0.357 e. The number of aliphatic hydroxyl groups is 1. The second-order valence-corrected chi connectivity index (χ2v) is 5.26. The van der Waals surface area contributed by atoms with Gasteiger partial charge in [-0.2, -0.15) is 0 Å². The molecular weight excluding hydrogens is 249 g/mol. The van der Waals surface area contributed by atoms with Crippen LogP contribution in [-0.4, -0.2) is 41.5 Å². The summed E-state index contributed by atoms with van der Waals surface area (Å²) in [5, 5.41) is 11.2. The Labute approximate surface area is 110 Å². The number of hydrogen-bond donors (Lipinski definition) is 1. The van der Waals surface area contributed by atoms with Crippen molar-refractivity contribution in [2.24, 2.45) is 11.8 Å². The minimum atomic E-state index is -1.14. The van der Waals surface area contributed by atoms with Crippen LogP contribution in [-0.2, 0) is 4.84 Å². The van der Waals surface area contributed by atoms with E-state index in [1.54, 1.807) is 29.3 Å². The highest BCUT2D eigenvalue weighted by molar-refractivity contribution is 5.89. The largest absolute Gasteiger partial charge is 0.390 e. The number of hydroxylamine groups is 2. The van der Waals surface area contributed by atoms with E-state index in [4.69, 9.17) is 4.84 Å². The lowest BCUT2D eigenvalue weighted by atomic mass is 10.00. The Bertz CT molecular complexity index is 467. The van der Waals surface area contributed by atoms with Crippen molar-refractivity contribution < 1.29 is 19.1 Å². The van der Waals surface area contributed by atoms with E-state index < -0.39 is 18.2 Å². The van der Waals surface area contributed by atoms with Gasteiger partial charge in [0.1, 0.15) is 6.17 Å². The maximum absolute atomic E-state index is 13.3. The van der Waals surface area contributed by atoms with E-state index >= 15 is 0 Å². The first-order valence-electron chi connectivity index (χ1n) is 6.49. The van der Waals surface area contributed by atoms with Crippen molar-refractivity contribution in [3.63, 3.8) is 0 Å². The van der Waals surface area contributed by atoms with Crippen molar-refractivity contribution in [3.8, 4) is 0 Å². The van der Waals surface area contributed by atoms with Crippen LogP contribution in [0.15, 0.2) is 30.3 Å². The molecule has 1 aliphatic carbocycles. The Morgan fingerprint density at radius 2 is 2.05 bits per heavy atom. The first-order chi connectivity index (χ1) is 9.15. The molecular formula is C14H16FNO3.